The molecule has 0 saturated carbocycles. The number of hydrogen-bond acceptors (Lipinski definition) is 5. The number of aryl methyl sites for hydroxylation is 2. The molecule has 0 heterocycles. The summed E-state index contributed by atoms with van der Waals surface area (Å²) in [5.74, 6) is 0.332. The third-order valence-corrected chi connectivity index (χ3v) is 5.18. The fraction of sp³-hybridized carbons (Fsp3) is 0.350. The zero-order valence-corrected chi connectivity index (χ0v) is 18.2. The second kappa shape index (κ2) is 10.5. The Kier molecular flexibility index (Phi) is 8.94. The van der Waals surface area contributed by atoms with E-state index >= 15 is 0 Å². The summed E-state index contributed by atoms with van der Waals surface area (Å²) in [5.41, 5.74) is 2.52. The number of carbonyl (C=O) groups excluding carboxylic acids is 1. The smallest absolute Gasteiger partial charge is 0.256 e. The van der Waals surface area contributed by atoms with Crippen LogP contribution in [0.25, 0.3) is 0 Å². The first-order valence-electron chi connectivity index (χ1n) is 8.79. The largest absolute Gasteiger partial charge is 0.492 e. The number of nitrogens with one attached hydrogen (secondary N) is 2. The first-order chi connectivity index (χ1) is 12.7. The van der Waals surface area contributed by atoms with Crippen molar-refractivity contribution in [1.82, 2.24) is 5.32 Å². The molecule has 0 aliphatic carbocycles. The predicted octanol–water partition coefficient (Wildman–Crippen LogP) is 3.37. The molecule has 0 bridgehead atoms. The van der Waals surface area contributed by atoms with E-state index in [1.807, 2.05) is 32.9 Å². The van der Waals surface area contributed by atoms with Crippen LogP contribution in [0, 0.1) is 13.8 Å². The SMILES string of the molecule is CCNCCOc1c(C)cc(NC(=O)c2ccccc2S(C)(=O)=O)cc1C.Cl. The number of carbonyl (C=O) groups is 1. The van der Waals surface area contributed by atoms with Gasteiger partial charge in [0.25, 0.3) is 5.91 Å². The van der Waals surface area contributed by atoms with Crippen molar-refractivity contribution in [3.8, 4) is 5.75 Å². The maximum absolute atomic E-state index is 12.6. The Labute approximate surface area is 173 Å². The topological polar surface area (TPSA) is 84.5 Å². The van der Waals surface area contributed by atoms with Crippen LogP contribution in [0.3, 0.4) is 0 Å². The summed E-state index contributed by atoms with van der Waals surface area (Å²) in [6.07, 6.45) is 1.09. The summed E-state index contributed by atoms with van der Waals surface area (Å²) in [5, 5.41) is 5.98. The molecule has 6 nitrogen and oxygen atoms in total. The Morgan fingerprint density at radius 1 is 1.11 bits per heavy atom. The van der Waals surface area contributed by atoms with Gasteiger partial charge in [0.05, 0.1) is 10.5 Å². The lowest BCUT2D eigenvalue weighted by molar-refractivity contribution is 0.102. The number of hydrogen-bond donors (Lipinski definition) is 2. The molecule has 2 aromatic rings. The molecule has 0 aromatic heterocycles. The monoisotopic (exact) mass is 426 g/mol. The molecule has 0 radical (unpaired) electrons. The van der Waals surface area contributed by atoms with E-state index in [1.165, 1.54) is 12.1 Å². The lowest BCUT2D eigenvalue weighted by Crippen LogP contribution is -2.20. The standard InChI is InChI=1S/C20H26N2O4S.ClH/c1-5-21-10-11-26-19-14(2)12-16(13-15(19)3)22-20(23)17-8-6-7-9-18(17)27(4,24)25;/h6-9,12-13,21H,5,10-11H2,1-4H3,(H,22,23);1H. The molecular formula is C20H27ClN2O4S. The van der Waals surface area contributed by atoms with Crippen LogP contribution in [0.2, 0.25) is 0 Å². The molecular weight excluding hydrogens is 400 g/mol. The number of halogens is 1. The number of ether oxygens (including phenoxy) is 1. The van der Waals surface area contributed by atoms with Crippen molar-refractivity contribution in [2.45, 2.75) is 25.7 Å². The molecule has 0 unspecified atom stereocenters. The van der Waals surface area contributed by atoms with Gasteiger partial charge in [-0.1, -0.05) is 19.1 Å². The molecule has 0 saturated heterocycles. The molecule has 8 heteroatoms. The summed E-state index contributed by atoms with van der Waals surface area (Å²) in [6, 6.07) is 9.81. The molecule has 2 aromatic carbocycles. The summed E-state index contributed by atoms with van der Waals surface area (Å²) in [4.78, 5) is 12.6. The van der Waals surface area contributed by atoms with Crippen molar-refractivity contribution in [3.63, 3.8) is 0 Å². The number of likely N-dealkylation sites (N-methyl/N-ethyl adjacent to an activating group) is 1. The zero-order valence-electron chi connectivity index (χ0n) is 16.5. The van der Waals surface area contributed by atoms with Crippen molar-refractivity contribution in [2.24, 2.45) is 0 Å². The van der Waals surface area contributed by atoms with Crippen LogP contribution in [-0.2, 0) is 9.84 Å². The van der Waals surface area contributed by atoms with Gasteiger partial charge in [-0.15, -0.1) is 12.4 Å². The molecule has 154 valence electrons. The van der Waals surface area contributed by atoms with Gasteiger partial charge in [-0.3, -0.25) is 4.79 Å². The average molecular weight is 427 g/mol. The second-order valence-corrected chi connectivity index (χ2v) is 8.35. The molecule has 0 spiro atoms. The van der Waals surface area contributed by atoms with Crippen molar-refractivity contribution >= 4 is 33.8 Å². The maximum atomic E-state index is 12.6. The lowest BCUT2D eigenvalue weighted by atomic mass is 10.1. The third-order valence-electron chi connectivity index (χ3n) is 4.02. The first kappa shape index (κ1) is 23.9. The predicted molar refractivity (Wildman–Crippen MR) is 115 cm³/mol. The highest BCUT2D eigenvalue weighted by atomic mass is 35.5. The second-order valence-electron chi connectivity index (χ2n) is 6.36. The summed E-state index contributed by atoms with van der Waals surface area (Å²) in [7, 11) is -3.50. The highest BCUT2D eigenvalue weighted by Gasteiger charge is 2.18. The van der Waals surface area contributed by atoms with Crippen LogP contribution in [0.5, 0.6) is 5.75 Å². The normalized spacial score (nSPS) is 10.9. The van der Waals surface area contributed by atoms with E-state index in [4.69, 9.17) is 4.74 Å². The molecule has 0 atom stereocenters. The lowest BCUT2D eigenvalue weighted by Gasteiger charge is -2.15. The average Bonchev–Trinajstić information content (AvgIpc) is 2.59. The van der Waals surface area contributed by atoms with Crippen LogP contribution < -0.4 is 15.4 Å². The third kappa shape index (κ3) is 6.22. The van der Waals surface area contributed by atoms with Gasteiger partial charge in [0.15, 0.2) is 9.84 Å². The van der Waals surface area contributed by atoms with Crippen molar-refractivity contribution in [1.29, 1.82) is 0 Å². The quantitative estimate of drug-likeness (QED) is 0.632. The number of benzene rings is 2. The first-order valence-corrected chi connectivity index (χ1v) is 10.7. The van der Waals surface area contributed by atoms with Crippen LogP contribution in [-0.4, -0.2) is 40.3 Å². The Bertz CT molecular complexity index is 907. The zero-order chi connectivity index (χ0) is 20.0. The van der Waals surface area contributed by atoms with E-state index in [0.29, 0.717) is 12.3 Å². The molecule has 0 fully saturated rings. The Hall–Kier alpha value is -2.09. The van der Waals surface area contributed by atoms with Gasteiger partial charge in [-0.25, -0.2) is 8.42 Å². The summed E-state index contributed by atoms with van der Waals surface area (Å²) < 4.78 is 29.6. The Morgan fingerprint density at radius 2 is 1.71 bits per heavy atom. The summed E-state index contributed by atoms with van der Waals surface area (Å²) >= 11 is 0. The highest BCUT2D eigenvalue weighted by molar-refractivity contribution is 7.90. The van der Waals surface area contributed by atoms with Gasteiger partial charge in [-0.05, 0) is 55.8 Å². The molecule has 1 amide bonds. The van der Waals surface area contributed by atoms with Gasteiger partial charge in [-0.2, -0.15) is 0 Å². The minimum Gasteiger partial charge on any atom is -0.492 e. The van der Waals surface area contributed by atoms with Crippen molar-refractivity contribution < 1.29 is 17.9 Å². The van der Waals surface area contributed by atoms with Crippen molar-refractivity contribution in [2.75, 3.05) is 31.3 Å². The molecule has 0 aliphatic rings. The highest BCUT2D eigenvalue weighted by Crippen LogP contribution is 2.28. The van der Waals surface area contributed by atoms with Crippen LogP contribution in [0.1, 0.15) is 28.4 Å². The van der Waals surface area contributed by atoms with Crippen LogP contribution >= 0.6 is 12.4 Å². The number of amides is 1. The molecule has 0 aliphatic heterocycles. The number of rotatable bonds is 8. The van der Waals surface area contributed by atoms with Gasteiger partial charge in [0.1, 0.15) is 12.4 Å². The maximum Gasteiger partial charge on any atom is 0.256 e. The molecule has 28 heavy (non-hydrogen) atoms. The van der Waals surface area contributed by atoms with Crippen LogP contribution in [0.4, 0.5) is 5.69 Å². The Balaban J connectivity index is 0.00000392. The fourth-order valence-corrected chi connectivity index (χ4v) is 3.71. The van der Waals surface area contributed by atoms with Gasteiger partial charge in [0.2, 0.25) is 0 Å². The van der Waals surface area contributed by atoms with Gasteiger partial charge >= 0.3 is 0 Å². The molecule has 2 N–H and O–H groups in total. The van der Waals surface area contributed by atoms with Crippen molar-refractivity contribution in [3.05, 3.63) is 53.1 Å². The van der Waals surface area contributed by atoms with Gasteiger partial charge in [0, 0.05) is 18.5 Å². The van der Waals surface area contributed by atoms with E-state index in [9.17, 15) is 13.2 Å². The van der Waals surface area contributed by atoms with E-state index in [-0.39, 0.29) is 22.9 Å². The van der Waals surface area contributed by atoms with E-state index in [0.717, 1.165) is 36.2 Å². The number of anilines is 1. The van der Waals surface area contributed by atoms with E-state index in [2.05, 4.69) is 10.6 Å². The minimum absolute atomic E-state index is 0. The van der Waals surface area contributed by atoms with Gasteiger partial charge < -0.3 is 15.4 Å². The Morgan fingerprint density at radius 3 is 2.29 bits per heavy atom. The van der Waals surface area contributed by atoms with E-state index < -0.39 is 15.7 Å². The van der Waals surface area contributed by atoms with E-state index in [1.54, 1.807) is 12.1 Å². The molecule has 2 rings (SSSR count). The fourth-order valence-electron chi connectivity index (χ4n) is 2.83. The number of sulfone groups is 1. The summed E-state index contributed by atoms with van der Waals surface area (Å²) in [6.45, 7) is 8.07. The van der Waals surface area contributed by atoms with Crippen LogP contribution in [0.15, 0.2) is 41.3 Å². The minimum atomic E-state index is -3.50.